The molecule has 1 aliphatic heterocycles. The number of amides is 2. The van der Waals surface area contributed by atoms with Crippen molar-refractivity contribution >= 4 is 17.5 Å². The molecule has 0 bridgehead atoms. The van der Waals surface area contributed by atoms with E-state index in [-0.39, 0.29) is 6.03 Å². The Balaban J connectivity index is 1.52. The molecule has 1 aromatic heterocycles. The van der Waals surface area contributed by atoms with Crippen LogP contribution in [0.1, 0.15) is 37.4 Å². The van der Waals surface area contributed by atoms with E-state index in [0.717, 1.165) is 53.8 Å². The summed E-state index contributed by atoms with van der Waals surface area (Å²) in [5.41, 5.74) is 3.96. The van der Waals surface area contributed by atoms with Crippen molar-refractivity contribution in [3.8, 4) is 17.1 Å². The van der Waals surface area contributed by atoms with Crippen LogP contribution in [0.25, 0.3) is 11.4 Å². The first-order valence-electron chi connectivity index (χ1n) is 11.8. The van der Waals surface area contributed by atoms with Gasteiger partial charge in [0.15, 0.2) is 5.82 Å². The van der Waals surface area contributed by atoms with Crippen molar-refractivity contribution in [2.24, 2.45) is 0 Å². The molecule has 1 N–H and O–H groups in total. The van der Waals surface area contributed by atoms with Crippen LogP contribution in [0.2, 0.25) is 0 Å². The van der Waals surface area contributed by atoms with E-state index in [1.807, 2.05) is 59.5 Å². The maximum atomic E-state index is 12.9. The number of nitrogens with one attached hydrogen (secondary N) is 1. The molecule has 0 spiro atoms. The maximum Gasteiger partial charge on any atom is 0.321 e. The summed E-state index contributed by atoms with van der Waals surface area (Å²) in [6, 6.07) is 17.4. The molecular weight excluding hydrogens is 426 g/mol. The van der Waals surface area contributed by atoms with Crippen LogP contribution in [0.5, 0.6) is 5.75 Å². The van der Waals surface area contributed by atoms with E-state index in [1.54, 1.807) is 7.11 Å². The zero-order valence-corrected chi connectivity index (χ0v) is 20.4. The van der Waals surface area contributed by atoms with Crippen LogP contribution in [0.15, 0.2) is 54.6 Å². The topological polar surface area (TPSA) is 70.6 Å². The monoisotopic (exact) mass is 459 g/mol. The normalized spacial score (nSPS) is 14.1. The van der Waals surface area contributed by atoms with Gasteiger partial charge >= 0.3 is 6.03 Å². The molecule has 3 aromatic rings. The van der Waals surface area contributed by atoms with E-state index in [1.165, 1.54) is 5.56 Å². The van der Waals surface area contributed by atoms with Gasteiger partial charge in [0.1, 0.15) is 11.6 Å². The fraction of sp³-hybridized carbons (Fsp3) is 0.370. The molecule has 0 radical (unpaired) electrons. The molecule has 7 heteroatoms. The summed E-state index contributed by atoms with van der Waals surface area (Å²) in [6.45, 7) is 9.33. The number of urea groups is 1. The smallest absolute Gasteiger partial charge is 0.321 e. The van der Waals surface area contributed by atoms with E-state index in [9.17, 15) is 4.79 Å². The lowest BCUT2D eigenvalue weighted by atomic mass is 10.0. The summed E-state index contributed by atoms with van der Waals surface area (Å²) >= 11 is 0. The largest absolute Gasteiger partial charge is 0.497 e. The Labute approximate surface area is 201 Å². The van der Waals surface area contributed by atoms with E-state index in [0.29, 0.717) is 19.0 Å². The molecule has 0 unspecified atom stereocenters. The molecule has 1 aliphatic rings. The molecular formula is C27H33N5O2. The van der Waals surface area contributed by atoms with Gasteiger partial charge < -0.3 is 19.9 Å². The second-order valence-corrected chi connectivity index (χ2v) is 8.88. The van der Waals surface area contributed by atoms with Gasteiger partial charge in [0.2, 0.25) is 0 Å². The highest BCUT2D eigenvalue weighted by Gasteiger charge is 2.24. The van der Waals surface area contributed by atoms with Gasteiger partial charge in [-0.15, -0.1) is 0 Å². The predicted octanol–water partition coefficient (Wildman–Crippen LogP) is 5.33. The Morgan fingerprint density at radius 3 is 2.38 bits per heavy atom. The van der Waals surface area contributed by atoms with E-state index < -0.39 is 0 Å². The number of aryl methyl sites for hydroxylation is 1. The molecule has 178 valence electrons. The lowest BCUT2D eigenvalue weighted by Gasteiger charge is -2.27. The van der Waals surface area contributed by atoms with Gasteiger partial charge in [-0.25, -0.2) is 14.8 Å². The fourth-order valence-corrected chi connectivity index (χ4v) is 4.41. The quantitative estimate of drug-likeness (QED) is 0.559. The van der Waals surface area contributed by atoms with Crippen molar-refractivity contribution in [3.63, 3.8) is 0 Å². The Bertz CT molecular complexity index is 1120. The highest BCUT2D eigenvalue weighted by atomic mass is 16.5. The van der Waals surface area contributed by atoms with Crippen molar-refractivity contribution in [2.45, 2.75) is 33.1 Å². The van der Waals surface area contributed by atoms with Crippen LogP contribution in [-0.4, -0.2) is 54.2 Å². The van der Waals surface area contributed by atoms with Crippen molar-refractivity contribution < 1.29 is 9.53 Å². The third-order valence-corrected chi connectivity index (χ3v) is 6.15. The number of nitrogens with zero attached hydrogens (tertiary/aromatic N) is 4. The van der Waals surface area contributed by atoms with E-state index >= 15 is 0 Å². The molecule has 2 amide bonds. The predicted molar refractivity (Wildman–Crippen MR) is 137 cm³/mol. The second-order valence-electron chi connectivity index (χ2n) is 8.88. The molecule has 7 nitrogen and oxygen atoms in total. The molecule has 0 aliphatic carbocycles. The SMILES string of the molecule is COc1ccc(NC(=O)N2CCCN(c3nc(-c4ccccc4)nc(C)c3C(C)C)CC2)cc1. The third kappa shape index (κ3) is 5.30. The van der Waals surface area contributed by atoms with Crippen molar-refractivity contribution in [1.29, 1.82) is 0 Å². The Hall–Kier alpha value is -3.61. The van der Waals surface area contributed by atoms with Crippen LogP contribution >= 0.6 is 0 Å². The third-order valence-electron chi connectivity index (χ3n) is 6.15. The van der Waals surface area contributed by atoms with Crippen LogP contribution in [0.3, 0.4) is 0 Å². The number of methoxy groups -OCH3 is 1. The Morgan fingerprint density at radius 1 is 0.971 bits per heavy atom. The molecule has 0 saturated carbocycles. The van der Waals surface area contributed by atoms with Gasteiger partial charge in [-0.05, 0) is 43.5 Å². The van der Waals surface area contributed by atoms with Gasteiger partial charge in [0, 0.05) is 48.7 Å². The zero-order chi connectivity index (χ0) is 24.1. The first-order chi connectivity index (χ1) is 16.5. The molecule has 1 saturated heterocycles. The number of hydrogen-bond donors (Lipinski definition) is 1. The van der Waals surface area contributed by atoms with Gasteiger partial charge in [-0.1, -0.05) is 44.2 Å². The number of aromatic nitrogens is 2. The van der Waals surface area contributed by atoms with Gasteiger partial charge in [0.25, 0.3) is 0 Å². The molecule has 2 aromatic carbocycles. The molecule has 1 fully saturated rings. The van der Waals surface area contributed by atoms with Crippen molar-refractivity contribution in [3.05, 3.63) is 65.9 Å². The van der Waals surface area contributed by atoms with Crippen molar-refractivity contribution in [2.75, 3.05) is 43.5 Å². The highest BCUT2D eigenvalue weighted by Crippen LogP contribution is 2.31. The second kappa shape index (κ2) is 10.5. The molecule has 2 heterocycles. The first-order valence-corrected chi connectivity index (χ1v) is 11.8. The average Bonchev–Trinajstić information content (AvgIpc) is 3.11. The number of carbonyl (C=O) groups is 1. The molecule has 34 heavy (non-hydrogen) atoms. The summed E-state index contributed by atoms with van der Waals surface area (Å²) in [5.74, 6) is 2.80. The lowest BCUT2D eigenvalue weighted by molar-refractivity contribution is 0.215. The molecule has 4 rings (SSSR count). The Kier molecular flexibility index (Phi) is 7.30. The van der Waals surface area contributed by atoms with E-state index in [2.05, 4.69) is 31.0 Å². The van der Waals surface area contributed by atoms with Crippen LogP contribution < -0.4 is 15.0 Å². The van der Waals surface area contributed by atoms with Gasteiger partial charge in [-0.3, -0.25) is 0 Å². The molecule has 0 atom stereocenters. The lowest BCUT2D eigenvalue weighted by Crippen LogP contribution is -2.38. The first kappa shape index (κ1) is 23.5. The standard InChI is InChI=1S/C27H33N5O2/c1-19(2)24-20(3)28-25(21-9-6-5-7-10-21)30-26(24)31-15-8-16-32(18-17-31)27(33)29-22-11-13-23(34-4)14-12-22/h5-7,9-14,19H,8,15-18H2,1-4H3,(H,29,33). The minimum atomic E-state index is -0.0834. The minimum Gasteiger partial charge on any atom is -0.497 e. The fourth-order valence-electron chi connectivity index (χ4n) is 4.41. The van der Waals surface area contributed by atoms with Crippen molar-refractivity contribution in [1.82, 2.24) is 14.9 Å². The summed E-state index contributed by atoms with van der Waals surface area (Å²) < 4.78 is 5.19. The summed E-state index contributed by atoms with van der Waals surface area (Å²) in [7, 11) is 1.63. The zero-order valence-electron chi connectivity index (χ0n) is 20.4. The van der Waals surface area contributed by atoms with Crippen LogP contribution in [-0.2, 0) is 0 Å². The van der Waals surface area contributed by atoms with Gasteiger partial charge in [0.05, 0.1) is 7.11 Å². The summed E-state index contributed by atoms with van der Waals surface area (Å²) in [4.78, 5) is 27.0. The number of anilines is 2. The summed E-state index contributed by atoms with van der Waals surface area (Å²) in [6.07, 6.45) is 0.872. The van der Waals surface area contributed by atoms with E-state index in [4.69, 9.17) is 14.7 Å². The van der Waals surface area contributed by atoms with Gasteiger partial charge in [-0.2, -0.15) is 0 Å². The van der Waals surface area contributed by atoms with Crippen LogP contribution in [0.4, 0.5) is 16.3 Å². The maximum absolute atomic E-state index is 12.9. The van der Waals surface area contributed by atoms with Crippen LogP contribution in [0, 0.1) is 6.92 Å². The number of benzene rings is 2. The average molecular weight is 460 g/mol. The number of rotatable bonds is 5. The number of carbonyl (C=O) groups excluding carboxylic acids is 1. The minimum absolute atomic E-state index is 0.0834. The number of hydrogen-bond acceptors (Lipinski definition) is 5. The summed E-state index contributed by atoms with van der Waals surface area (Å²) in [5, 5.41) is 3.00. The highest BCUT2D eigenvalue weighted by molar-refractivity contribution is 5.89. The Morgan fingerprint density at radius 2 is 1.71 bits per heavy atom. The number of ether oxygens (including phenoxy) is 1.